The SMILES string of the molecule is CN(C(=O)c1ccccc1)c1nc(-c2ccc(Br)cc2)cs1. The maximum absolute atomic E-state index is 12.4. The molecule has 1 amide bonds. The Labute approximate surface area is 141 Å². The number of thiazole rings is 1. The molecule has 2 aromatic carbocycles. The average molecular weight is 373 g/mol. The molecular formula is C17H13BrN2OS. The molecule has 0 N–H and O–H groups in total. The molecule has 0 unspecified atom stereocenters. The molecule has 0 saturated heterocycles. The average Bonchev–Trinajstić information content (AvgIpc) is 3.05. The quantitative estimate of drug-likeness (QED) is 0.658. The lowest BCUT2D eigenvalue weighted by Gasteiger charge is -2.13. The van der Waals surface area contributed by atoms with E-state index >= 15 is 0 Å². The zero-order valence-electron chi connectivity index (χ0n) is 11.9. The van der Waals surface area contributed by atoms with Gasteiger partial charge in [-0.05, 0) is 24.3 Å². The summed E-state index contributed by atoms with van der Waals surface area (Å²) in [6.07, 6.45) is 0. The summed E-state index contributed by atoms with van der Waals surface area (Å²) in [7, 11) is 1.75. The van der Waals surface area contributed by atoms with Gasteiger partial charge in [0.2, 0.25) is 0 Å². The fourth-order valence-corrected chi connectivity index (χ4v) is 3.10. The first-order valence-corrected chi connectivity index (χ1v) is 8.37. The third kappa shape index (κ3) is 3.10. The molecule has 0 aliphatic rings. The van der Waals surface area contributed by atoms with Crippen molar-refractivity contribution >= 4 is 38.3 Å². The summed E-state index contributed by atoms with van der Waals surface area (Å²) in [4.78, 5) is 18.6. The van der Waals surface area contributed by atoms with Crippen molar-refractivity contribution in [3.05, 3.63) is 70.0 Å². The molecule has 1 heterocycles. The van der Waals surface area contributed by atoms with Gasteiger partial charge in [0, 0.05) is 28.0 Å². The second-order valence-electron chi connectivity index (χ2n) is 4.75. The molecule has 5 heteroatoms. The van der Waals surface area contributed by atoms with Crippen LogP contribution < -0.4 is 4.90 Å². The highest BCUT2D eigenvalue weighted by atomic mass is 79.9. The third-order valence-electron chi connectivity index (χ3n) is 3.24. The van der Waals surface area contributed by atoms with Gasteiger partial charge in [-0.15, -0.1) is 11.3 Å². The molecule has 22 heavy (non-hydrogen) atoms. The number of amides is 1. The van der Waals surface area contributed by atoms with Gasteiger partial charge in [0.1, 0.15) is 0 Å². The predicted octanol–water partition coefficient (Wildman–Crippen LogP) is 4.85. The molecular weight excluding hydrogens is 360 g/mol. The number of hydrogen-bond acceptors (Lipinski definition) is 3. The lowest BCUT2D eigenvalue weighted by atomic mass is 10.2. The van der Waals surface area contributed by atoms with Gasteiger partial charge in [0.05, 0.1) is 5.69 Å². The van der Waals surface area contributed by atoms with E-state index in [1.54, 1.807) is 11.9 Å². The minimum atomic E-state index is -0.0580. The number of carbonyl (C=O) groups excluding carboxylic acids is 1. The second kappa shape index (κ2) is 6.42. The number of hydrogen-bond donors (Lipinski definition) is 0. The zero-order chi connectivity index (χ0) is 15.5. The molecule has 0 radical (unpaired) electrons. The second-order valence-corrected chi connectivity index (χ2v) is 6.50. The minimum Gasteiger partial charge on any atom is -0.287 e. The van der Waals surface area contributed by atoms with Gasteiger partial charge >= 0.3 is 0 Å². The number of anilines is 1. The molecule has 0 aliphatic heterocycles. The Morgan fingerprint density at radius 2 is 1.77 bits per heavy atom. The van der Waals surface area contributed by atoms with E-state index in [0.29, 0.717) is 10.7 Å². The van der Waals surface area contributed by atoms with Gasteiger partial charge in [-0.2, -0.15) is 0 Å². The van der Waals surface area contributed by atoms with Crippen LogP contribution in [0, 0.1) is 0 Å². The van der Waals surface area contributed by atoms with Gasteiger partial charge < -0.3 is 0 Å². The van der Waals surface area contributed by atoms with Gasteiger partial charge in [0.25, 0.3) is 5.91 Å². The van der Waals surface area contributed by atoms with E-state index in [-0.39, 0.29) is 5.91 Å². The number of aromatic nitrogens is 1. The van der Waals surface area contributed by atoms with E-state index < -0.39 is 0 Å². The summed E-state index contributed by atoms with van der Waals surface area (Å²) in [5, 5.41) is 2.65. The zero-order valence-corrected chi connectivity index (χ0v) is 14.3. The lowest BCUT2D eigenvalue weighted by molar-refractivity contribution is 0.0993. The summed E-state index contributed by atoms with van der Waals surface area (Å²) in [6, 6.07) is 17.2. The van der Waals surface area contributed by atoms with Crippen molar-refractivity contribution in [3.8, 4) is 11.3 Å². The molecule has 3 rings (SSSR count). The van der Waals surface area contributed by atoms with Crippen LogP contribution >= 0.6 is 27.3 Å². The number of nitrogens with zero attached hydrogens (tertiary/aromatic N) is 2. The molecule has 0 saturated carbocycles. The number of benzene rings is 2. The van der Waals surface area contributed by atoms with Crippen LogP contribution in [0.15, 0.2) is 64.5 Å². The van der Waals surface area contributed by atoms with Gasteiger partial charge in [0.15, 0.2) is 5.13 Å². The van der Waals surface area contributed by atoms with Gasteiger partial charge in [-0.3, -0.25) is 9.69 Å². The van der Waals surface area contributed by atoms with Crippen LogP contribution in [-0.4, -0.2) is 17.9 Å². The largest absolute Gasteiger partial charge is 0.287 e. The van der Waals surface area contributed by atoms with Crippen molar-refractivity contribution < 1.29 is 4.79 Å². The van der Waals surface area contributed by atoms with E-state index in [2.05, 4.69) is 20.9 Å². The fourth-order valence-electron chi connectivity index (χ4n) is 2.03. The van der Waals surface area contributed by atoms with Crippen LogP contribution in [0.25, 0.3) is 11.3 Å². The van der Waals surface area contributed by atoms with Crippen LogP contribution in [0.1, 0.15) is 10.4 Å². The van der Waals surface area contributed by atoms with Gasteiger partial charge in [-0.1, -0.05) is 46.3 Å². The normalized spacial score (nSPS) is 10.5. The molecule has 3 nitrogen and oxygen atoms in total. The summed E-state index contributed by atoms with van der Waals surface area (Å²) >= 11 is 4.88. The van der Waals surface area contributed by atoms with Crippen molar-refractivity contribution in [2.24, 2.45) is 0 Å². The highest BCUT2D eigenvalue weighted by Gasteiger charge is 2.16. The Bertz CT molecular complexity index is 784. The van der Waals surface area contributed by atoms with Crippen LogP contribution in [0.4, 0.5) is 5.13 Å². The summed E-state index contributed by atoms with van der Waals surface area (Å²) in [6.45, 7) is 0. The molecule has 0 bridgehead atoms. The van der Waals surface area contributed by atoms with Crippen molar-refractivity contribution in [3.63, 3.8) is 0 Å². The Morgan fingerprint density at radius 3 is 2.45 bits per heavy atom. The van der Waals surface area contributed by atoms with Crippen LogP contribution in [-0.2, 0) is 0 Å². The maximum Gasteiger partial charge on any atom is 0.259 e. The smallest absolute Gasteiger partial charge is 0.259 e. The highest BCUT2D eigenvalue weighted by molar-refractivity contribution is 9.10. The lowest BCUT2D eigenvalue weighted by Crippen LogP contribution is -2.25. The van der Waals surface area contributed by atoms with E-state index in [1.165, 1.54) is 11.3 Å². The third-order valence-corrected chi connectivity index (χ3v) is 4.69. The van der Waals surface area contributed by atoms with Crippen molar-refractivity contribution in [1.82, 2.24) is 4.98 Å². The van der Waals surface area contributed by atoms with Crippen molar-refractivity contribution in [2.45, 2.75) is 0 Å². The number of carbonyl (C=O) groups is 1. The highest BCUT2D eigenvalue weighted by Crippen LogP contribution is 2.28. The van der Waals surface area contributed by atoms with E-state index in [1.807, 2.05) is 60.0 Å². The maximum atomic E-state index is 12.4. The van der Waals surface area contributed by atoms with Crippen LogP contribution in [0.3, 0.4) is 0 Å². The fraction of sp³-hybridized carbons (Fsp3) is 0.0588. The molecule has 0 atom stereocenters. The molecule has 1 aromatic heterocycles. The first kappa shape index (κ1) is 14.9. The van der Waals surface area contributed by atoms with Crippen molar-refractivity contribution in [1.29, 1.82) is 0 Å². The summed E-state index contributed by atoms with van der Waals surface area (Å²) in [5.74, 6) is -0.0580. The van der Waals surface area contributed by atoms with Crippen molar-refractivity contribution in [2.75, 3.05) is 11.9 Å². The predicted molar refractivity (Wildman–Crippen MR) is 94.4 cm³/mol. The first-order valence-electron chi connectivity index (χ1n) is 6.70. The monoisotopic (exact) mass is 372 g/mol. The molecule has 0 aliphatic carbocycles. The first-order chi connectivity index (χ1) is 10.6. The summed E-state index contributed by atoms with van der Waals surface area (Å²) < 4.78 is 1.03. The molecule has 110 valence electrons. The van der Waals surface area contributed by atoms with E-state index in [0.717, 1.165) is 15.7 Å². The minimum absolute atomic E-state index is 0.0580. The van der Waals surface area contributed by atoms with E-state index in [4.69, 9.17) is 0 Å². The Balaban J connectivity index is 1.84. The van der Waals surface area contributed by atoms with Crippen LogP contribution in [0.5, 0.6) is 0 Å². The Morgan fingerprint density at radius 1 is 1.09 bits per heavy atom. The summed E-state index contributed by atoms with van der Waals surface area (Å²) in [5.41, 5.74) is 2.57. The topological polar surface area (TPSA) is 33.2 Å². The van der Waals surface area contributed by atoms with E-state index in [9.17, 15) is 4.79 Å². The number of rotatable bonds is 3. The van der Waals surface area contributed by atoms with Gasteiger partial charge in [-0.25, -0.2) is 4.98 Å². The molecule has 0 spiro atoms. The standard InChI is InChI=1S/C17H13BrN2OS/c1-20(16(21)13-5-3-2-4-6-13)17-19-15(11-22-17)12-7-9-14(18)10-8-12/h2-11H,1H3. The molecule has 3 aromatic rings. The Hall–Kier alpha value is -1.98. The molecule has 0 fully saturated rings. The number of halogens is 1. The Kier molecular flexibility index (Phi) is 4.36. The van der Waals surface area contributed by atoms with Crippen LogP contribution in [0.2, 0.25) is 0 Å².